The second-order valence-corrected chi connectivity index (χ2v) is 5.57. The van der Waals surface area contributed by atoms with E-state index in [1.165, 1.54) is 14.2 Å². The van der Waals surface area contributed by atoms with Gasteiger partial charge in [-0.15, -0.1) is 0 Å². The summed E-state index contributed by atoms with van der Waals surface area (Å²) in [6.45, 7) is 0. The van der Waals surface area contributed by atoms with Gasteiger partial charge in [0.05, 0.1) is 20.1 Å². The monoisotopic (exact) mass is 289 g/mol. The van der Waals surface area contributed by atoms with Crippen LogP contribution in [0.15, 0.2) is 30.3 Å². The molecule has 1 aromatic rings. The van der Waals surface area contributed by atoms with Crippen molar-refractivity contribution < 1.29 is 19.1 Å². The minimum Gasteiger partial charge on any atom is -0.469 e. The first kappa shape index (κ1) is 13.9. The van der Waals surface area contributed by atoms with Crippen LogP contribution in [0.25, 0.3) is 0 Å². The van der Waals surface area contributed by atoms with Gasteiger partial charge in [-0.2, -0.15) is 0 Å². The smallest absolute Gasteiger partial charge is 0.410 e. The van der Waals surface area contributed by atoms with Crippen molar-refractivity contribution in [2.75, 3.05) is 14.2 Å². The number of ether oxygens (including phenoxy) is 2. The summed E-state index contributed by atoms with van der Waals surface area (Å²) in [5.41, 5.74) is 1.08. The van der Waals surface area contributed by atoms with Crippen LogP contribution in [0.4, 0.5) is 4.79 Å². The van der Waals surface area contributed by atoms with Gasteiger partial charge in [0.1, 0.15) is 0 Å². The second kappa shape index (κ2) is 5.39. The summed E-state index contributed by atoms with van der Waals surface area (Å²) < 4.78 is 9.88. The average Bonchev–Trinajstić information content (AvgIpc) is 3.10. The Labute approximate surface area is 123 Å². The molecular weight excluding hydrogens is 270 g/mol. The molecule has 21 heavy (non-hydrogen) atoms. The predicted octanol–water partition coefficient (Wildman–Crippen LogP) is 2.17. The lowest BCUT2D eigenvalue weighted by atomic mass is 9.75. The number of esters is 1. The van der Waals surface area contributed by atoms with Crippen LogP contribution in [0.3, 0.4) is 0 Å². The number of amides is 1. The molecule has 0 aromatic heterocycles. The highest BCUT2D eigenvalue weighted by molar-refractivity contribution is 5.79. The molecule has 0 saturated carbocycles. The molecule has 0 unspecified atom stereocenters. The molecule has 112 valence electrons. The maximum absolute atomic E-state index is 12.2. The summed E-state index contributed by atoms with van der Waals surface area (Å²) in [4.78, 5) is 26.0. The van der Waals surface area contributed by atoms with E-state index in [1.54, 1.807) is 4.90 Å². The van der Waals surface area contributed by atoms with Crippen molar-refractivity contribution in [3.63, 3.8) is 0 Å². The summed E-state index contributed by atoms with van der Waals surface area (Å²) in [6.07, 6.45) is 1.37. The van der Waals surface area contributed by atoms with Gasteiger partial charge in [0.15, 0.2) is 0 Å². The topological polar surface area (TPSA) is 55.8 Å². The van der Waals surface area contributed by atoms with Crippen LogP contribution in [-0.2, 0) is 14.3 Å². The van der Waals surface area contributed by atoms with E-state index in [0.717, 1.165) is 18.4 Å². The third-order valence-electron chi connectivity index (χ3n) is 4.73. The standard InChI is InChI=1S/C16H19NO4/c1-20-15(18)14-12-9-8-11(17(12)16(19)21-2)13(14)10-6-4-3-5-7-10/h3-7,11-14H,8-9H2,1-2H3/t11-,12+,13+,14+/m0/s1. The van der Waals surface area contributed by atoms with Gasteiger partial charge in [0.2, 0.25) is 0 Å². The van der Waals surface area contributed by atoms with E-state index in [2.05, 4.69) is 0 Å². The van der Waals surface area contributed by atoms with Crippen LogP contribution < -0.4 is 0 Å². The normalized spacial score (nSPS) is 30.3. The lowest BCUT2D eigenvalue weighted by molar-refractivity contribution is -0.146. The van der Waals surface area contributed by atoms with Crippen molar-refractivity contribution in [3.05, 3.63) is 35.9 Å². The van der Waals surface area contributed by atoms with Crippen LogP contribution in [-0.4, -0.2) is 43.3 Å². The lowest BCUT2D eigenvalue weighted by Crippen LogP contribution is -2.37. The first-order valence-corrected chi connectivity index (χ1v) is 7.18. The van der Waals surface area contributed by atoms with Crippen molar-refractivity contribution in [1.82, 2.24) is 4.90 Å². The highest BCUT2D eigenvalue weighted by Crippen LogP contribution is 2.51. The maximum Gasteiger partial charge on any atom is 0.410 e. The summed E-state index contributed by atoms with van der Waals surface area (Å²) in [6, 6.07) is 9.76. The Morgan fingerprint density at radius 3 is 2.33 bits per heavy atom. The Kier molecular flexibility index (Phi) is 3.57. The third-order valence-corrected chi connectivity index (χ3v) is 4.73. The number of hydrogen-bond acceptors (Lipinski definition) is 4. The molecule has 2 aliphatic rings. The van der Waals surface area contributed by atoms with Crippen LogP contribution in [0.2, 0.25) is 0 Å². The van der Waals surface area contributed by atoms with Gasteiger partial charge < -0.3 is 14.4 Å². The number of benzene rings is 1. The van der Waals surface area contributed by atoms with E-state index in [9.17, 15) is 9.59 Å². The van der Waals surface area contributed by atoms with E-state index in [4.69, 9.17) is 9.47 Å². The van der Waals surface area contributed by atoms with Crippen LogP contribution in [0.1, 0.15) is 24.3 Å². The van der Waals surface area contributed by atoms with Crippen LogP contribution in [0.5, 0.6) is 0 Å². The number of rotatable bonds is 2. The average molecular weight is 289 g/mol. The zero-order chi connectivity index (χ0) is 15.0. The Morgan fingerprint density at radius 2 is 1.71 bits per heavy atom. The molecule has 2 heterocycles. The molecule has 4 atom stereocenters. The second-order valence-electron chi connectivity index (χ2n) is 5.57. The summed E-state index contributed by atoms with van der Waals surface area (Å²) in [5, 5.41) is 0. The van der Waals surface area contributed by atoms with Gasteiger partial charge in [0.25, 0.3) is 0 Å². The van der Waals surface area contributed by atoms with E-state index in [0.29, 0.717) is 0 Å². The van der Waals surface area contributed by atoms with Crippen molar-refractivity contribution >= 4 is 12.1 Å². The quantitative estimate of drug-likeness (QED) is 0.783. The molecule has 0 N–H and O–H groups in total. The fourth-order valence-electron chi connectivity index (χ4n) is 3.97. The largest absolute Gasteiger partial charge is 0.469 e. The van der Waals surface area contributed by atoms with E-state index in [-0.39, 0.29) is 36.0 Å². The molecule has 2 fully saturated rings. The highest BCUT2D eigenvalue weighted by Gasteiger charge is 2.58. The van der Waals surface area contributed by atoms with Crippen molar-refractivity contribution in [2.24, 2.45) is 5.92 Å². The van der Waals surface area contributed by atoms with E-state index in [1.807, 2.05) is 30.3 Å². The number of methoxy groups -OCH3 is 2. The van der Waals surface area contributed by atoms with Gasteiger partial charge >= 0.3 is 12.1 Å². The molecule has 2 aliphatic heterocycles. The molecule has 0 aliphatic carbocycles. The maximum atomic E-state index is 12.2. The molecule has 5 heteroatoms. The molecular formula is C16H19NO4. The van der Waals surface area contributed by atoms with E-state index < -0.39 is 0 Å². The van der Waals surface area contributed by atoms with Gasteiger partial charge in [-0.05, 0) is 18.4 Å². The Hall–Kier alpha value is -2.04. The summed E-state index contributed by atoms with van der Waals surface area (Å²) >= 11 is 0. The molecule has 0 spiro atoms. The minimum atomic E-state index is -0.352. The highest BCUT2D eigenvalue weighted by atomic mass is 16.5. The Morgan fingerprint density at radius 1 is 1.05 bits per heavy atom. The molecule has 5 nitrogen and oxygen atoms in total. The fourth-order valence-corrected chi connectivity index (χ4v) is 3.97. The molecule has 1 aromatic carbocycles. The SMILES string of the molecule is COC(=O)[C@H]1[C@H](c2ccccc2)[C@@H]2CC[C@H]1N2C(=O)OC. The van der Waals surface area contributed by atoms with Gasteiger partial charge in [0, 0.05) is 18.0 Å². The molecule has 1 amide bonds. The molecule has 3 rings (SSSR count). The van der Waals surface area contributed by atoms with Crippen molar-refractivity contribution in [1.29, 1.82) is 0 Å². The summed E-state index contributed by atoms with van der Waals surface area (Å²) in [7, 11) is 2.78. The number of fused-ring (bicyclic) bond motifs is 2. The molecule has 2 bridgehead atoms. The van der Waals surface area contributed by atoms with Crippen molar-refractivity contribution in [3.8, 4) is 0 Å². The lowest BCUT2D eigenvalue weighted by Gasteiger charge is -2.27. The Bertz CT molecular complexity index is 544. The number of nitrogens with zero attached hydrogens (tertiary/aromatic N) is 1. The fraction of sp³-hybridized carbons (Fsp3) is 0.500. The third kappa shape index (κ3) is 2.07. The first-order valence-electron chi connectivity index (χ1n) is 7.18. The zero-order valence-electron chi connectivity index (χ0n) is 12.2. The molecule has 0 radical (unpaired) electrons. The van der Waals surface area contributed by atoms with Crippen molar-refractivity contribution in [2.45, 2.75) is 30.8 Å². The van der Waals surface area contributed by atoms with Gasteiger partial charge in [-0.3, -0.25) is 4.79 Å². The number of hydrogen-bond donors (Lipinski definition) is 0. The molecule has 2 saturated heterocycles. The number of carbonyl (C=O) groups is 2. The van der Waals surface area contributed by atoms with Gasteiger partial charge in [-0.1, -0.05) is 30.3 Å². The first-order chi connectivity index (χ1) is 10.2. The van der Waals surface area contributed by atoms with E-state index >= 15 is 0 Å². The summed E-state index contributed by atoms with van der Waals surface area (Å²) in [5.74, 6) is -0.572. The minimum absolute atomic E-state index is 0.00829. The number of carbonyl (C=O) groups excluding carboxylic acids is 2. The zero-order valence-corrected chi connectivity index (χ0v) is 12.2. The Balaban J connectivity index is 2.00. The van der Waals surface area contributed by atoms with Crippen LogP contribution in [0, 0.1) is 5.92 Å². The van der Waals surface area contributed by atoms with Gasteiger partial charge in [-0.25, -0.2) is 4.79 Å². The predicted molar refractivity (Wildman–Crippen MR) is 75.7 cm³/mol. The van der Waals surface area contributed by atoms with Crippen LogP contribution >= 0.6 is 0 Å².